The van der Waals surface area contributed by atoms with Crippen LogP contribution in [-0.2, 0) is 9.53 Å². The molecule has 2 atom stereocenters. The van der Waals surface area contributed by atoms with E-state index < -0.39 is 0 Å². The first-order valence-corrected chi connectivity index (χ1v) is 6.76. The summed E-state index contributed by atoms with van der Waals surface area (Å²) in [5.41, 5.74) is 0.951. The van der Waals surface area contributed by atoms with Crippen molar-refractivity contribution < 1.29 is 13.9 Å². The minimum absolute atomic E-state index is 0.0263. The molecule has 0 saturated heterocycles. The highest BCUT2D eigenvalue weighted by Gasteiger charge is 2.21. The molecule has 0 spiro atoms. The molecule has 4 heteroatoms. The Bertz CT molecular complexity index is 392. The van der Waals surface area contributed by atoms with E-state index in [0.29, 0.717) is 6.61 Å². The molecule has 106 valence electrons. The molecule has 0 amide bonds. The largest absolute Gasteiger partial charge is 0.465 e. The quantitative estimate of drug-likeness (QED) is 0.771. The molecule has 0 fully saturated rings. The first kappa shape index (κ1) is 15.6. The molecule has 0 saturated carbocycles. The monoisotopic (exact) mass is 267 g/mol. The van der Waals surface area contributed by atoms with Gasteiger partial charge in [-0.2, -0.15) is 0 Å². The van der Waals surface area contributed by atoms with Gasteiger partial charge in [-0.15, -0.1) is 0 Å². The van der Waals surface area contributed by atoms with Gasteiger partial charge in [0.25, 0.3) is 0 Å². The van der Waals surface area contributed by atoms with E-state index in [1.165, 1.54) is 12.1 Å². The molecule has 1 N–H and O–H groups in total. The minimum Gasteiger partial charge on any atom is -0.465 e. The Balaban J connectivity index is 2.67. The summed E-state index contributed by atoms with van der Waals surface area (Å²) < 4.78 is 17.9. The van der Waals surface area contributed by atoms with Gasteiger partial charge in [0.2, 0.25) is 0 Å². The molecule has 0 aliphatic carbocycles. The van der Waals surface area contributed by atoms with Gasteiger partial charge in [-0.25, -0.2) is 4.39 Å². The third kappa shape index (κ3) is 4.99. The lowest BCUT2D eigenvalue weighted by molar-refractivity contribution is -0.146. The van der Waals surface area contributed by atoms with Crippen molar-refractivity contribution in [3.8, 4) is 0 Å². The van der Waals surface area contributed by atoms with Crippen LogP contribution in [0.1, 0.15) is 45.2 Å². The molecule has 0 bridgehead atoms. The van der Waals surface area contributed by atoms with Crippen LogP contribution in [0.5, 0.6) is 0 Å². The number of rotatable bonds is 7. The molecule has 0 radical (unpaired) electrons. The Kier molecular flexibility index (Phi) is 6.50. The zero-order chi connectivity index (χ0) is 14.3. The van der Waals surface area contributed by atoms with Gasteiger partial charge in [-0.05, 0) is 38.0 Å². The Labute approximate surface area is 114 Å². The molecule has 0 aliphatic heterocycles. The Hall–Kier alpha value is -1.42. The van der Waals surface area contributed by atoms with Crippen LogP contribution in [-0.4, -0.2) is 18.6 Å². The van der Waals surface area contributed by atoms with E-state index in [-0.39, 0.29) is 23.9 Å². The van der Waals surface area contributed by atoms with Crippen LogP contribution in [0.4, 0.5) is 4.39 Å². The maximum absolute atomic E-state index is 12.9. The van der Waals surface area contributed by atoms with Crippen LogP contribution in [0.2, 0.25) is 0 Å². The van der Waals surface area contributed by atoms with E-state index in [9.17, 15) is 9.18 Å². The van der Waals surface area contributed by atoms with Crippen LogP contribution < -0.4 is 5.32 Å². The zero-order valence-corrected chi connectivity index (χ0v) is 11.8. The van der Waals surface area contributed by atoms with Gasteiger partial charge in [0.1, 0.15) is 11.9 Å². The van der Waals surface area contributed by atoms with E-state index >= 15 is 0 Å². The maximum atomic E-state index is 12.9. The number of carbonyl (C=O) groups excluding carboxylic acids is 1. The first-order valence-electron chi connectivity index (χ1n) is 6.76. The molecule has 1 rings (SSSR count). The number of benzene rings is 1. The molecule has 0 aromatic heterocycles. The van der Waals surface area contributed by atoms with E-state index in [4.69, 9.17) is 4.74 Å². The molecule has 3 nitrogen and oxygen atoms in total. The SMILES string of the molecule is CCCC(N[C@H](C)c1ccc(F)cc1)C(=O)OCC. The van der Waals surface area contributed by atoms with Crippen LogP contribution in [0.15, 0.2) is 24.3 Å². The molecule has 0 heterocycles. The zero-order valence-electron chi connectivity index (χ0n) is 11.8. The summed E-state index contributed by atoms with van der Waals surface area (Å²) in [7, 11) is 0. The van der Waals surface area contributed by atoms with Gasteiger partial charge in [-0.3, -0.25) is 10.1 Å². The topological polar surface area (TPSA) is 38.3 Å². The molecule has 1 aromatic carbocycles. The van der Waals surface area contributed by atoms with E-state index in [1.54, 1.807) is 19.1 Å². The van der Waals surface area contributed by atoms with Crippen LogP contribution in [0, 0.1) is 5.82 Å². The van der Waals surface area contributed by atoms with Crippen molar-refractivity contribution in [1.29, 1.82) is 0 Å². The lowest BCUT2D eigenvalue weighted by atomic mass is 10.1. The fraction of sp³-hybridized carbons (Fsp3) is 0.533. The number of carbonyl (C=O) groups is 1. The van der Waals surface area contributed by atoms with Gasteiger partial charge in [0, 0.05) is 6.04 Å². The summed E-state index contributed by atoms with van der Waals surface area (Å²) in [6, 6.07) is 5.95. The Morgan fingerprint density at radius 3 is 2.47 bits per heavy atom. The molecular formula is C15H22FNO2. The van der Waals surface area contributed by atoms with Crippen LogP contribution in [0.3, 0.4) is 0 Å². The Morgan fingerprint density at radius 2 is 1.95 bits per heavy atom. The third-order valence-corrected chi connectivity index (χ3v) is 2.97. The van der Waals surface area contributed by atoms with Crippen molar-refractivity contribution in [3.63, 3.8) is 0 Å². The highest BCUT2D eigenvalue weighted by atomic mass is 19.1. The lowest BCUT2D eigenvalue weighted by Crippen LogP contribution is -2.39. The van der Waals surface area contributed by atoms with Gasteiger partial charge in [-0.1, -0.05) is 25.5 Å². The van der Waals surface area contributed by atoms with Crippen molar-refractivity contribution in [2.24, 2.45) is 0 Å². The van der Waals surface area contributed by atoms with Crippen molar-refractivity contribution >= 4 is 5.97 Å². The maximum Gasteiger partial charge on any atom is 0.323 e. The minimum atomic E-state index is -0.315. The fourth-order valence-corrected chi connectivity index (χ4v) is 1.95. The summed E-state index contributed by atoms with van der Waals surface area (Å²) in [6.45, 7) is 6.15. The van der Waals surface area contributed by atoms with Crippen molar-refractivity contribution in [2.45, 2.75) is 45.7 Å². The number of esters is 1. The molecule has 1 unspecified atom stereocenters. The van der Waals surface area contributed by atoms with Crippen LogP contribution in [0.25, 0.3) is 0 Å². The van der Waals surface area contributed by atoms with Crippen molar-refractivity contribution in [3.05, 3.63) is 35.6 Å². The highest BCUT2D eigenvalue weighted by molar-refractivity contribution is 5.75. The average molecular weight is 267 g/mol. The van der Waals surface area contributed by atoms with Gasteiger partial charge in [0.15, 0.2) is 0 Å². The lowest BCUT2D eigenvalue weighted by Gasteiger charge is -2.22. The second-order valence-corrected chi connectivity index (χ2v) is 4.53. The molecule has 0 aliphatic rings. The average Bonchev–Trinajstić information content (AvgIpc) is 2.39. The molecular weight excluding hydrogens is 245 g/mol. The number of halogens is 1. The van der Waals surface area contributed by atoms with E-state index in [0.717, 1.165) is 18.4 Å². The van der Waals surface area contributed by atoms with Crippen LogP contribution >= 0.6 is 0 Å². The number of nitrogens with one attached hydrogen (secondary N) is 1. The summed E-state index contributed by atoms with van der Waals surface area (Å²) in [5, 5.41) is 3.24. The van der Waals surface area contributed by atoms with Gasteiger partial charge < -0.3 is 4.74 Å². The smallest absolute Gasteiger partial charge is 0.323 e. The van der Waals surface area contributed by atoms with E-state index in [1.807, 2.05) is 13.8 Å². The standard InChI is InChI=1S/C15H22FNO2/c1-4-6-14(15(18)19-5-2)17-11(3)12-7-9-13(16)10-8-12/h7-11,14,17H,4-6H2,1-3H3/t11-,14?/m1/s1. The summed E-state index contributed by atoms with van der Waals surface area (Å²) in [5.74, 6) is -0.482. The predicted molar refractivity (Wildman–Crippen MR) is 73.3 cm³/mol. The van der Waals surface area contributed by atoms with Crippen molar-refractivity contribution in [2.75, 3.05) is 6.61 Å². The third-order valence-electron chi connectivity index (χ3n) is 2.97. The highest BCUT2D eigenvalue weighted by Crippen LogP contribution is 2.15. The number of hydrogen-bond donors (Lipinski definition) is 1. The van der Waals surface area contributed by atoms with Gasteiger partial charge in [0.05, 0.1) is 6.61 Å². The van der Waals surface area contributed by atoms with Crippen molar-refractivity contribution in [1.82, 2.24) is 5.32 Å². The second-order valence-electron chi connectivity index (χ2n) is 4.53. The first-order chi connectivity index (χ1) is 9.08. The normalized spacial score (nSPS) is 13.9. The van der Waals surface area contributed by atoms with Gasteiger partial charge >= 0.3 is 5.97 Å². The Morgan fingerprint density at radius 1 is 1.32 bits per heavy atom. The molecule has 19 heavy (non-hydrogen) atoms. The molecule has 1 aromatic rings. The summed E-state index contributed by atoms with van der Waals surface area (Å²) >= 11 is 0. The van der Waals surface area contributed by atoms with E-state index in [2.05, 4.69) is 5.32 Å². The predicted octanol–water partition coefficient (Wildman–Crippen LogP) is 3.21. The number of ether oxygens (including phenoxy) is 1. The number of hydrogen-bond acceptors (Lipinski definition) is 3. The fourth-order valence-electron chi connectivity index (χ4n) is 1.95. The summed E-state index contributed by atoms with van der Waals surface area (Å²) in [4.78, 5) is 11.8. The summed E-state index contributed by atoms with van der Waals surface area (Å²) in [6.07, 6.45) is 1.62. The second kappa shape index (κ2) is 7.89.